The molecule has 1 nitrogen and oxygen atoms in total. The van der Waals surface area contributed by atoms with Gasteiger partial charge in [0, 0.05) is 11.8 Å². The van der Waals surface area contributed by atoms with Gasteiger partial charge in [-0.3, -0.25) is 0 Å². The highest BCUT2D eigenvalue weighted by Gasteiger charge is 2.11. The van der Waals surface area contributed by atoms with Crippen molar-refractivity contribution in [2.45, 2.75) is 38.5 Å². The van der Waals surface area contributed by atoms with Gasteiger partial charge in [-0.15, -0.1) is 0 Å². The summed E-state index contributed by atoms with van der Waals surface area (Å²) in [6.07, 6.45) is 11.1. The smallest absolute Gasteiger partial charge is 0.0569 e. The minimum absolute atomic E-state index is 0.313. The summed E-state index contributed by atoms with van der Waals surface area (Å²) in [4.78, 5) is 0. The van der Waals surface area contributed by atoms with Gasteiger partial charge in [0.15, 0.2) is 0 Å². The highest BCUT2D eigenvalue weighted by Crippen LogP contribution is 2.21. The molecule has 0 heterocycles. The Hall–Kier alpha value is -2.12. The first-order valence-electron chi connectivity index (χ1n) is 9.36. The van der Waals surface area contributed by atoms with E-state index >= 15 is 0 Å². The van der Waals surface area contributed by atoms with Gasteiger partial charge < -0.3 is 4.74 Å². The summed E-state index contributed by atoms with van der Waals surface area (Å²) in [5.74, 6) is 0.625. The summed E-state index contributed by atoms with van der Waals surface area (Å²) in [5.41, 5.74) is 2.63. The highest BCUT2D eigenvalue weighted by molar-refractivity contribution is 5.25. The summed E-state index contributed by atoms with van der Waals surface area (Å²) in [5, 5.41) is 0. The van der Waals surface area contributed by atoms with Gasteiger partial charge in [-0.1, -0.05) is 98.8 Å². The molecule has 0 saturated heterocycles. The molecule has 2 unspecified atom stereocenters. The van der Waals surface area contributed by atoms with Crippen LogP contribution in [0.15, 0.2) is 85.0 Å². The molecule has 0 N–H and O–H groups in total. The summed E-state index contributed by atoms with van der Waals surface area (Å²) < 4.78 is 6.16. The molecule has 2 atom stereocenters. The van der Waals surface area contributed by atoms with E-state index in [0.29, 0.717) is 25.0 Å². The first-order chi connectivity index (χ1) is 12.3. The first kappa shape index (κ1) is 19.2. The van der Waals surface area contributed by atoms with E-state index in [-0.39, 0.29) is 0 Å². The lowest BCUT2D eigenvalue weighted by atomic mass is 9.98. The highest BCUT2D eigenvalue weighted by atomic mass is 16.5. The number of benzene rings is 2. The minimum Gasteiger partial charge on any atom is -0.380 e. The maximum absolute atomic E-state index is 6.16. The normalized spacial score (nSPS) is 14.2. The molecule has 0 spiro atoms. The third-order valence-electron chi connectivity index (χ3n) is 4.26. The molecule has 0 fully saturated rings. The second-order valence-corrected chi connectivity index (χ2v) is 6.24. The molecule has 0 aromatic heterocycles. The lowest BCUT2D eigenvalue weighted by Crippen LogP contribution is -2.11. The SMILES string of the molecule is CCC=CC(COCC(C=CCC)c1ccccc1)c1ccccc1. The van der Waals surface area contributed by atoms with Crippen LogP contribution in [0.25, 0.3) is 0 Å². The van der Waals surface area contributed by atoms with Crippen molar-refractivity contribution in [2.24, 2.45) is 0 Å². The molecule has 0 aliphatic heterocycles. The van der Waals surface area contributed by atoms with Crippen LogP contribution >= 0.6 is 0 Å². The van der Waals surface area contributed by atoms with Crippen LogP contribution in [-0.2, 0) is 4.74 Å². The number of ether oxygens (including phenoxy) is 1. The predicted molar refractivity (Wildman–Crippen MR) is 108 cm³/mol. The second kappa shape index (κ2) is 11.4. The minimum atomic E-state index is 0.313. The van der Waals surface area contributed by atoms with Gasteiger partial charge >= 0.3 is 0 Å². The average Bonchev–Trinajstić information content (AvgIpc) is 2.68. The maximum Gasteiger partial charge on any atom is 0.0569 e. The van der Waals surface area contributed by atoms with Gasteiger partial charge in [-0.25, -0.2) is 0 Å². The maximum atomic E-state index is 6.16. The molecule has 0 radical (unpaired) electrons. The van der Waals surface area contributed by atoms with Crippen molar-refractivity contribution in [3.63, 3.8) is 0 Å². The summed E-state index contributed by atoms with van der Waals surface area (Å²) >= 11 is 0. The van der Waals surface area contributed by atoms with Crippen LogP contribution < -0.4 is 0 Å². The molecule has 132 valence electrons. The Morgan fingerprint density at radius 3 is 1.44 bits per heavy atom. The molecule has 0 aliphatic rings. The third-order valence-corrected chi connectivity index (χ3v) is 4.26. The molecule has 0 bridgehead atoms. The summed E-state index contributed by atoms with van der Waals surface area (Å²) in [7, 11) is 0. The van der Waals surface area contributed by atoms with E-state index in [1.807, 2.05) is 0 Å². The van der Waals surface area contributed by atoms with Gasteiger partial charge in [0.25, 0.3) is 0 Å². The van der Waals surface area contributed by atoms with E-state index in [0.717, 1.165) is 12.8 Å². The molecule has 0 amide bonds. The van der Waals surface area contributed by atoms with Gasteiger partial charge in [-0.2, -0.15) is 0 Å². The average molecular weight is 335 g/mol. The molecule has 2 aromatic carbocycles. The molecule has 0 saturated carbocycles. The fraction of sp³-hybridized carbons (Fsp3) is 0.333. The zero-order valence-corrected chi connectivity index (χ0v) is 15.5. The Bertz CT molecular complexity index is 570. The van der Waals surface area contributed by atoms with E-state index in [1.54, 1.807) is 0 Å². The van der Waals surface area contributed by atoms with Gasteiger partial charge in [0.05, 0.1) is 13.2 Å². The molecule has 0 aliphatic carbocycles. The van der Waals surface area contributed by atoms with Crippen LogP contribution in [0.3, 0.4) is 0 Å². The number of hydrogen-bond donors (Lipinski definition) is 0. The van der Waals surface area contributed by atoms with E-state index in [9.17, 15) is 0 Å². The topological polar surface area (TPSA) is 9.23 Å². The first-order valence-corrected chi connectivity index (χ1v) is 9.36. The van der Waals surface area contributed by atoms with Crippen LogP contribution in [0.2, 0.25) is 0 Å². The van der Waals surface area contributed by atoms with Crippen LogP contribution in [0.5, 0.6) is 0 Å². The van der Waals surface area contributed by atoms with E-state index in [2.05, 4.69) is 98.8 Å². The monoisotopic (exact) mass is 334 g/mol. The van der Waals surface area contributed by atoms with Crippen molar-refractivity contribution in [2.75, 3.05) is 13.2 Å². The number of allylic oxidation sites excluding steroid dienone is 2. The van der Waals surface area contributed by atoms with Gasteiger partial charge in [0.2, 0.25) is 0 Å². The molecule has 1 heteroatoms. The quantitative estimate of drug-likeness (QED) is 0.450. The lowest BCUT2D eigenvalue weighted by molar-refractivity contribution is 0.123. The lowest BCUT2D eigenvalue weighted by Gasteiger charge is -2.18. The Morgan fingerprint density at radius 1 is 0.680 bits per heavy atom. The molecule has 25 heavy (non-hydrogen) atoms. The number of rotatable bonds is 10. The van der Waals surface area contributed by atoms with Crippen molar-refractivity contribution >= 4 is 0 Å². The van der Waals surface area contributed by atoms with Gasteiger partial charge in [-0.05, 0) is 24.0 Å². The molecule has 2 aromatic rings. The van der Waals surface area contributed by atoms with Crippen molar-refractivity contribution in [3.05, 3.63) is 96.1 Å². The zero-order chi connectivity index (χ0) is 17.7. The van der Waals surface area contributed by atoms with E-state index < -0.39 is 0 Å². The molecule has 2 rings (SSSR count). The second-order valence-electron chi connectivity index (χ2n) is 6.24. The Kier molecular flexibility index (Phi) is 8.79. The van der Waals surface area contributed by atoms with Crippen LogP contribution in [0.4, 0.5) is 0 Å². The van der Waals surface area contributed by atoms with E-state index in [1.165, 1.54) is 11.1 Å². The molecular formula is C24H30O. The Morgan fingerprint density at radius 2 is 1.08 bits per heavy atom. The third kappa shape index (κ3) is 6.72. The van der Waals surface area contributed by atoms with E-state index in [4.69, 9.17) is 4.74 Å². The fourth-order valence-electron chi connectivity index (χ4n) is 2.85. The van der Waals surface area contributed by atoms with Crippen LogP contribution in [0, 0.1) is 0 Å². The largest absolute Gasteiger partial charge is 0.380 e. The van der Waals surface area contributed by atoms with Crippen molar-refractivity contribution in [1.82, 2.24) is 0 Å². The number of hydrogen-bond acceptors (Lipinski definition) is 1. The van der Waals surface area contributed by atoms with Crippen LogP contribution in [-0.4, -0.2) is 13.2 Å². The Labute approximate surface area is 153 Å². The van der Waals surface area contributed by atoms with Crippen molar-refractivity contribution in [3.8, 4) is 0 Å². The predicted octanol–water partition coefficient (Wildman–Crippen LogP) is 6.50. The standard InChI is InChI=1S/C24H30O/c1-3-5-13-23(21-15-9-7-10-16-21)19-25-20-24(14-6-4-2)22-17-11-8-12-18-22/h5-18,23-24H,3-4,19-20H2,1-2H3. The summed E-state index contributed by atoms with van der Waals surface area (Å²) in [6.45, 7) is 5.76. The summed E-state index contributed by atoms with van der Waals surface area (Å²) in [6, 6.07) is 21.2. The van der Waals surface area contributed by atoms with Gasteiger partial charge in [0.1, 0.15) is 0 Å². The zero-order valence-electron chi connectivity index (χ0n) is 15.5. The Balaban J connectivity index is 2.00. The molecular weight excluding hydrogens is 304 g/mol. The van der Waals surface area contributed by atoms with Crippen LogP contribution in [0.1, 0.15) is 49.7 Å². The van der Waals surface area contributed by atoms with Crippen molar-refractivity contribution in [1.29, 1.82) is 0 Å². The fourth-order valence-corrected chi connectivity index (χ4v) is 2.85. The van der Waals surface area contributed by atoms with Crippen molar-refractivity contribution < 1.29 is 4.74 Å².